The van der Waals surface area contributed by atoms with E-state index >= 15 is 0 Å². The Bertz CT molecular complexity index is 887. The molecule has 2 aromatic heterocycles. The predicted molar refractivity (Wildman–Crippen MR) is 100 cm³/mol. The number of amides is 1. The van der Waals surface area contributed by atoms with Gasteiger partial charge < -0.3 is 15.0 Å². The Morgan fingerprint density at radius 1 is 1.23 bits per heavy atom. The van der Waals surface area contributed by atoms with Gasteiger partial charge in [0.2, 0.25) is 0 Å². The molecule has 26 heavy (non-hydrogen) atoms. The number of aromatic nitrogens is 3. The van der Waals surface area contributed by atoms with Crippen LogP contribution in [0.25, 0.3) is 11.3 Å². The maximum Gasteiger partial charge on any atom is 0.269 e. The molecule has 134 valence electrons. The van der Waals surface area contributed by atoms with Crippen molar-refractivity contribution in [1.82, 2.24) is 20.5 Å². The van der Waals surface area contributed by atoms with Crippen molar-refractivity contribution >= 4 is 11.6 Å². The zero-order valence-corrected chi connectivity index (χ0v) is 15.0. The van der Waals surface area contributed by atoms with Gasteiger partial charge in [-0.25, -0.2) is 0 Å². The van der Waals surface area contributed by atoms with Crippen molar-refractivity contribution in [2.45, 2.75) is 6.54 Å². The smallest absolute Gasteiger partial charge is 0.269 e. The van der Waals surface area contributed by atoms with E-state index in [0.29, 0.717) is 17.9 Å². The average molecular weight is 351 g/mol. The molecule has 0 saturated heterocycles. The number of methoxy groups -OCH3 is 1. The molecule has 0 fully saturated rings. The van der Waals surface area contributed by atoms with Gasteiger partial charge in [-0.1, -0.05) is 0 Å². The number of pyridine rings is 1. The lowest BCUT2D eigenvalue weighted by Crippen LogP contribution is -2.25. The van der Waals surface area contributed by atoms with Crippen LogP contribution < -0.4 is 15.0 Å². The van der Waals surface area contributed by atoms with Gasteiger partial charge in [-0.05, 0) is 42.5 Å². The van der Waals surface area contributed by atoms with Crippen LogP contribution in [-0.4, -0.2) is 42.3 Å². The molecule has 0 saturated carbocycles. The van der Waals surface area contributed by atoms with E-state index in [0.717, 1.165) is 22.7 Å². The minimum atomic E-state index is -0.229. The van der Waals surface area contributed by atoms with E-state index < -0.39 is 0 Å². The molecule has 0 atom stereocenters. The number of hydrogen-bond acceptors (Lipinski definition) is 5. The second-order valence-corrected chi connectivity index (χ2v) is 5.94. The molecule has 7 nitrogen and oxygen atoms in total. The Labute approximate surface area is 152 Å². The summed E-state index contributed by atoms with van der Waals surface area (Å²) in [6, 6.07) is 13.1. The lowest BCUT2D eigenvalue weighted by molar-refractivity contribution is 0.0945. The number of benzene rings is 1. The molecule has 3 aromatic rings. The third-order valence-electron chi connectivity index (χ3n) is 3.97. The highest BCUT2D eigenvalue weighted by Gasteiger charge is 2.13. The topological polar surface area (TPSA) is 83.1 Å². The van der Waals surface area contributed by atoms with Crippen LogP contribution in [0.15, 0.2) is 48.7 Å². The Hall–Kier alpha value is -3.35. The van der Waals surface area contributed by atoms with Gasteiger partial charge in [-0.15, -0.1) is 0 Å². The van der Waals surface area contributed by atoms with Gasteiger partial charge in [0.15, 0.2) is 0 Å². The van der Waals surface area contributed by atoms with Gasteiger partial charge in [0, 0.05) is 25.9 Å². The summed E-state index contributed by atoms with van der Waals surface area (Å²) in [5.41, 5.74) is 3.78. The van der Waals surface area contributed by atoms with E-state index in [-0.39, 0.29) is 5.91 Å². The Kier molecular flexibility index (Phi) is 5.17. The molecule has 2 heterocycles. The van der Waals surface area contributed by atoms with Crippen LogP contribution in [0.2, 0.25) is 0 Å². The van der Waals surface area contributed by atoms with Crippen molar-refractivity contribution in [3.05, 3.63) is 60.0 Å². The van der Waals surface area contributed by atoms with Gasteiger partial charge in [0.05, 0.1) is 30.7 Å². The number of anilines is 1. The first-order valence-electron chi connectivity index (χ1n) is 8.17. The summed E-state index contributed by atoms with van der Waals surface area (Å²) < 4.78 is 5.15. The number of nitrogens with zero attached hydrogens (tertiary/aromatic N) is 3. The third kappa shape index (κ3) is 3.83. The molecular formula is C19H21N5O2. The number of rotatable bonds is 6. The maximum atomic E-state index is 12.4. The molecule has 0 aliphatic carbocycles. The molecule has 0 aliphatic heterocycles. The van der Waals surface area contributed by atoms with Crippen LogP contribution >= 0.6 is 0 Å². The fraction of sp³-hybridized carbons (Fsp3) is 0.211. The van der Waals surface area contributed by atoms with Crippen molar-refractivity contribution in [2.24, 2.45) is 0 Å². The number of aromatic amines is 1. The molecule has 0 radical (unpaired) electrons. The van der Waals surface area contributed by atoms with Crippen LogP contribution in [0, 0.1) is 0 Å². The first-order valence-corrected chi connectivity index (χ1v) is 8.17. The highest BCUT2D eigenvalue weighted by molar-refractivity contribution is 5.93. The van der Waals surface area contributed by atoms with Crippen LogP contribution in [0.1, 0.15) is 16.2 Å². The minimum Gasteiger partial charge on any atom is -0.497 e. The Morgan fingerprint density at radius 2 is 2.00 bits per heavy atom. The van der Waals surface area contributed by atoms with Gasteiger partial charge in [-0.3, -0.25) is 14.9 Å². The van der Waals surface area contributed by atoms with E-state index in [9.17, 15) is 4.79 Å². The molecule has 0 bridgehead atoms. The zero-order valence-electron chi connectivity index (χ0n) is 15.0. The first kappa shape index (κ1) is 17.5. The quantitative estimate of drug-likeness (QED) is 0.713. The van der Waals surface area contributed by atoms with E-state index in [4.69, 9.17) is 4.74 Å². The monoisotopic (exact) mass is 351 g/mol. The maximum absolute atomic E-state index is 12.4. The van der Waals surface area contributed by atoms with Crippen molar-refractivity contribution in [3.63, 3.8) is 0 Å². The lowest BCUT2D eigenvalue weighted by atomic mass is 10.1. The molecule has 3 rings (SSSR count). The summed E-state index contributed by atoms with van der Waals surface area (Å²) >= 11 is 0. The molecule has 7 heteroatoms. The molecule has 1 aromatic carbocycles. The molecule has 1 amide bonds. The number of nitrogens with one attached hydrogen (secondary N) is 2. The predicted octanol–water partition coefficient (Wildman–Crippen LogP) is 2.48. The molecule has 0 aliphatic rings. The number of ether oxygens (including phenoxy) is 1. The SMILES string of the molecule is COc1ccc(-c2cc(C(=O)NCc3ncccc3N(C)C)[nH]n2)cc1. The average Bonchev–Trinajstić information content (AvgIpc) is 3.16. The van der Waals surface area contributed by atoms with Crippen LogP contribution in [0.5, 0.6) is 5.75 Å². The second kappa shape index (κ2) is 7.69. The van der Waals surface area contributed by atoms with Crippen LogP contribution in [0.4, 0.5) is 5.69 Å². The van der Waals surface area contributed by atoms with E-state index in [1.165, 1.54) is 0 Å². The first-order chi connectivity index (χ1) is 12.6. The highest BCUT2D eigenvalue weighted by atomic mass is 16.5. The number of carbonyl (C=O) groups excluding carboxylic acids is 1. The van der Waals surface area contributed by atoms with E-state index in [2.05, 4.69) is 20.5 Å². The largest absolute Gasteiger partial charge is 0.497 e. The van der Waals surface area contributed by atoms with Gasteiger partial charge >= 0.3 is 0 Å². The summed E-state index contributed by atoms with van der Waals surface area (Å²) in [5.74, 6) is 0.543. The van der Waals surface area contributed by atoms with E-state index in [1.54, 1.807) is 19.4 Å². The van der Waals surface area contributed by atoms with Crippen molar-refractivity contribution < 1.29 is 9.53 Å². The summed E-state index contributed by atoms with van der Waals surface area (Å²) in [7, 11) is 5.51. The van der Waals surface area contributed by atoms with Gasteiger partial charge in [-0.2, -0.15) is 5.10 Å². The lowest BCUT2D eigenvalue weighted by Gasteiger charge is -2.16. The summed E-state index contributed by atoms with van der Waals surface area (Å²) in [6.07, 6.45) is 1.71. The van der Waals surface area contributed by atoms with Gasteiger partial charge in [0.25, 0.3) is 5.91 Å². The standard InChI is InChI=1S/C19H21N5O2/c1-24(2)18-5-4-10-20-17(18)12-21-19(25)16-11-15(22-23-16)13-6-8-14(26-3)9-7-13/h4-11H,12H2,1-3H3,(H,21,25)(H,22,23). The van der Waals surface area contributed by atoms with Crippen LogP contribution in [-0.2, 0) is 6.54 Å². The zero-order chi connectivity index (χ0) is 18.5. The van der Waals surface area contributed by atoms with Crippen molar-refractivity contribution in [3.8, 4) is 17.0 Å². The second-order valence-electron chi connectivity index (χ2n) is 5.94. The summed E-state index contributed by atoms with van der Waals surface area (Å²) in [6.45, 7) is 0.337. The third-order valence-corrected chi connectivity index (χ3v) is 3.97. The Balaban J connectivity index is 1.68. The fourth-order valence-electron chi connectivity index (χ4n) is 2.58. The number of H-pyrrole nitrogens is 1. The fourth-order valence-corrected chi connectivity index (χ4v) is 2.58. The number of carbonyl (C=O) groups is 1. The van der Waals surface area contributed by atoms with Crippen LogP contribution in [0.3, 0.4) is 0 Å². The Morgan fingerprint density at radius 3 is 2.69 bits per heavy atom. The van der Waals surface area contributed by atoms with Crippen molar-refractivity contribution in [2.75, 3.05) is 26.1 Å². The normalized spacial score (nSPS) is 10.4. The summed E-state index contributed by atoms with van der Waals surface area (Å²) in [4.78, 5) is 18.7. The highest BCUT2D eigenvalue weighted by Crippen LogP contribution is 2.21. The van der Waals surface area contributed by atoms with Gasteiger partial charge in [0.1, 0.15) is 11.4 Å². The number of hydrogen-bond donors (Lipinski definition) is 2. The summed E-state index contributed by atoms with van der Waals surface area (Å²) in [5, 5.41) is 9.87. The molecule has 0 spiro atoms. The molecule has 0 unspecified atom stereocenters. The van der Waals surface area contributed by atoms with Crippen molar-refractivity contribution in [1.29, 1.82) is 0 Å². The molecule has 2 N–H and O–H groups in total. The van der Waals surface area contributed by atoms with E-state index in [1.807, 2.05) is 55.4 Å². The molecular weight excluding hydrogens is 330 g/mol. The minimum absolute atomic E-state index is 0.229.